The number of hydrogen-bond acceptors (Lipinski definition) is 3. The summed E-state index contributed by atoms with van der Waals surface area (Å²) >= 11 is 0. The van der Waals surface area contributed by atoms with Gasteiger partial charge in [-0.05, 0) is 32.4 Å². The third kappa shape index (κ3) is 5.48. The highest BCUT2D eigenvalue weighted by Crippen LogP contribution is 2.16. The normalized spacial score (nSPS) is 13.4. The molecule has 112 valence electrons. The smallest absolute Gasteiger partial charge is 0.317 e. The van der Waals surface area contributed by atoms with Crippen LogP contribution in [0.3, 0.4) is 0 Å². The molecule has 2 amide bonds. The Morgan fingerprint density at radius 3 is 2.65 bits per heavy atom. The zero-order chi connectivity index (χ0) is 15.1. The summed E-state index contributed by atoms with van der Waals surface area (Å²) in [4.78, 5) is 13.3. The van der Waals surface area contributed by atoms with Crippen molar-refractivity contribution in [1.29, 1.82) is 0 Å². The summed E-state index contributed by atoms with van der Waals surface area (Å²) in [5, 5.41) is 12.1. The van der Waals surface area contributed by atoms with Crippen LogP contribution >= 0.6 is 0 Å². The molecule has 0 heterocycles. The van der Waals surface area contributed by atoms with Crippen molar-refractivity contribution < 1.29 is 14.6 Å². The van der Waals surface area contributed by atoms with Crippen LogP contribution in [0.25, 0.3) is 0 Å². The van der Waals surface area contributed by atoms with Crippen molar-refractivity contribution in [3.8, 4) is 5.75 Å². The summed E-state index contributed by atoms with van der Waals surface area (Å²) in [7, 11) is 1.65. The lowest BCUT2D eigenvalue weighted by Gasteiger charge is -2.22. The molecule has 0 fully saturated rings. The van der Waals surface area contributed by atoms with Gasteiger partial charge in [-0.25, -0.2) is 4.79 Å². The average molecular weight is 280 g/mol. The van der Waals surface area contributed by atoms with E-state index in [0.717, 1.165) is 11.3 Å². The van der Waals surface area contributed by atoms with E-state index in [1.807, 2.05) is 38.1 Å². The molecule has 0 unspecified atom stereocenters. The van der Waals surface area contributed by atoms with E-state index < -0.39 is 6.10 Å². The minimum atomic E-state index is -0.538. The molecule has 0 aliphatic heterocycles. The molecule has 1 rings (SSSR count). The SMILES string of the molecule is Cc1ccccc1OC[C@H](C)NC(=O)N(C)C[C@@H](C)O. The highest BCUT2D eigenvalue weighted by molar-refractivity contribution is 5.74. The molecule has 5 heteroatoms. The van der Waals surface area contributed by atoms with Crippen LogP contribution in [-0.2, 0) is 0 Å². The molecule has 1 aromatic carbocycles. The van der Waals surface area contributed by atoms with Crippen LogP contribution in [0.4, 0.5) is 4.79 Å². The Kier molecular flexibility index (Phi) is 6.31. The predicted molar refractivity (Wildman–Crippen MR) is 79.0 cm³/mol. The number of rotatable bonds is 6. The third-order valence-electron chi connectivity index (χ3n) is 2.84. The van der Waals surface area contributed by atoms with Gasteiger partial charge in [0.15, 0.2) is 0 Å². The Morgan fingerprint density at radius 2 is 2.05 bits per heavy atom. The first-order valence-corrected chi connectivity index (χ1v) is 6.78. The van der Waals surface area contributed by atoms with Crippen molar-refractivity contribution in [1.82, 2.24) is 10.2 Å². The Morgan fingerprint density at radius 1 is 1.40 bits per heavy atom. The first-order valence-electron chi connectivity index (χ1n) is 6.78. The number of aliphatic hydroxyl groups is 1. The number of benzene rings is 1. The summed E-state index contributed by atoms with van der Waals surface area (Å²) in [5.41, 5.74) is 1.07. The molecular weight excluding hydrogens is 256 g/mol. The van der Waals surface area contributed by atoms with Crippen molar-refractivity contribution >= 4 is 6.03 Å². The van der Waals surface area contributed by atoms with Crippen LogP contribution in [0.5, 0.6) is 5.75 Å². The Bertz CT molecular complexity index is 435. The van der Waals surface area contributed by atoms with Gasteiger partial charge in [0.2, 0.25) is 0 Å². The van der Waals surface area contributed by atoms with E-state index in [1.165, 1.54) is 4.90 Å². The van der Waals surface area contributed by atoms with E-state index in [4.69, 9.17) is 4.74 Å². The summed E-state index contributed by atoms with van der Waals surface area (Å²) in [5.74, 6) is 0.825. The second kappa shape index (κ2) is 7.75. The van der Waals surface area contributed by atoms with E-state index in [0.29, 0.717) is 13.2 Å². The molecule has 5 nitrogen and oxygen atoms in total. The van der Waals surface area contributed by atoms with Gasteiger partial charge in [-0.3, -0.25) is 0 Å². The first-order chi connectivity index (χ1) is 9.40. The zero-order valence-corrected chi connectivity index (χ0v) is 12.6. The lowest BCUT2D eigenvalue weighted by molar-refractivity contribution is 0.141. The summed E-state index contributed by atoms with van der Waals surface area (Å²) in [6, 6.07) is 7.43. The van der Waals surface area contributed by atoms with E-state index >= 15 is 0 Å². The topological polar surface area (TPSA) is 61.8 Å². The highest BCUT2D eigenvalue weighted by atomic mass is 16.5. The second-order valence-corrected chi connectivity index (χ2v) is 5.16. The van der Waals surface area contributed by atoms with Gasteiger partial charge < -0.3 is 20.1 Å². The van der Waals surface area contributed by atoms with E-state index in [9.17, 15) is 9.90 Å². The lowest BCUT2D eigenvalue weighted by Crippen LogP contribution is -2.46. The fraction of sp³-hybridized carbons (Fsp3) is 0.533. The van der Waals surface area contributed by atoms with E-state index in [-0.39, 0.29) is 12.1 Å². The third-order valence-corrected chi connectivity index (χ3v) is 2.84. The molecule has 1 aromatic rings. The molecule has 0 saturated heterocycles. The van der Waals surface area contributed by atoms with Crippen molar-refractivity contribution in [2.75, 3.05) is 20.2 Å². The van der Waals surface area contributed by atoms with Gasteiger partial charge in [-0.1, -0.05) is 18.2 Å². The largest absolute Gasteiger partial charge is 0.491 e. The Balaban J connectivity index is 2.38. The Hall–Kier alpha value is -1.75. The van der Waals surface area contributed by atoms with Crippen LogP contribution < -0.4 is 10.1 Å². The summed E-state index contributed by atoms with van der Waals surface area (Å²) in [6.45, 7) is 6.21. The number of aryl methyl sites for hydroxylation is 1. The van der Waals surface area contributed by atoms with Gasteiger partial charge in [0, 0.05) is 13.6 Å². The number of carbonyl (C=O) groups is 1. The molecule has 0 spiro atoms. The molecular formula is C15H24N2O3. The maximum absolute atomic E-state index is 11.8. The number of hydrogen-bond donors (Lipinski definition) is 2. The van der Waals surface area contributed by atoms with Crippen molar-refractivity contribution in [2.24, 2.45) is 0 Å². The highest BCUT2D eigenvalue weighted by Gasteiger charge is 2.14. The molecule has 0 bridgehead atoms. The quantitative estimate of drug-likeness (QED) is 0.835. The van der Waals surface area contributed by atoms with Gasteiger partial charge >= 0.3 is 6.03 Å². The van der Waals surface area contributed by atoms with Gasteiger partial charge in [0.05, 0.1) is 12.1 Å². The maximum Gasteiger partial charge on any atom is 0.317 e. The van der Waals surface area contributed by atoms with E-state index in [2.05, 4.69) is 5.32 Å². The zero-order valence-electron chi connectivity index (χ0n) is 12.6. The van der Waals surface area contributed by atoms with Crippen LogP contribution in [0.1, 0.15) is 19.4 Å². The standard InChI is InChI=1S/C15H24N2O3/c1-11-7-5-6-8-14(11)20-10-12(2)16-15(19)17(4)9-13(3)18/h5-8,12-13,18H,9-10H2,1-4H3,(H,16,19)/t12-,13+/m0/s1. The molecule has 2 N–H and O–H groups in total. The monoisotopic (exact) mass is 280 g/mol. The number of urea groups is 1. The van der Waals surface area contributed by atoms with Crippen LogP contribution in [0.2, 0.25) is 0 Å². The molecule has 0 radical (unpaired) electrons. The second-order valence-electron chi connectivity index (χ2n) is 5.16. The van der Waals surface area contributed by atoms with Crippen LogP contribution in [0.15, 0.2) is 24.3 Å². The number of nitrogens with one attached hydrogen (secondary N) is 1. The molecule has 2 atom stereocenters. The summed E-state index contributed by atoms with van der Waals surface area (Å²) < 4.78 is 5.68. The fourth-order valence-corrected chi connectivity index (χ4v) is 1.78. The van der Waals surface area contributed by atoms with Crippen molar-refractivity contribution in [3.05, 3.63) is 29.8 Å². The number of ether oxygens (including phenoxy) is 1. The van der Waals surface area contributed by atoms with E-state index in [1.54, 1.807) is 14.0 Å². The Labute approximate surface area is 120 Å². The molecule has 0 aliphatic carbocycles. The number of aliphatic hydroxyl groups excluding tert-OH is 1. The minimum Gasteiger partial charge on any atom is -0.491 e. The molecule has 0 saturated carbocycles. The number of likely N-dealkylation sites (N-methyl/N-ethyl adjacent to an activating group) is 1. The number of para-hydroxylation sites is 1. The lowest BCUT2D eigenvalue weighted by atomic mass is 10.2. The average Bonchev–Trinajstić information content (AvgIpc) is 2.37. The van der Waals surface area contributed by atoms with Gasteiger partial charge in [-0.15, -0.1) is 0 Å². The molecule has 20 heavy (non-hydrogen) atoms. The van der Waals surface area contributed by atoms with Crippen LogP contribution in [0, 0.1) is 6.92 Å². The van der Waals surface area contributed by atoms with Crippen molar-refractivity contribution in [3.63, 3.8) is 0 Å². The number of nitrogens with zero attached hydrogens (tertiary/aromatic N) is 1. The first kappa shape index (κ1) is 16.3. The van der Waals surface area contributed by atoms with Crippen LogP contribution in [-0.4, -0.2) is 48.4 Å². The van der Waals surface area contributed by atoms with Crippen molar-refractivity contribution in [2.45, 2.75) is 32.9 Å². The molecule has 0 aromatic heterocycles. The van der Waals surface area contributed by atoms with Gasteiger partial charge in [0.1, 0.15) is 12.4 Å². The molecule has 0 aliphatic rings. The minimum absolute atomic E-state index is 0.112. The predicted octanol–water partition coefficient (Wildman–Crippen LogP) is 1.78. The maximum atomic E-state index is 11.8. The summed E-state index contributed by atoms with van der Waals surface area (Å²) in [6.07, 6.45) is -0.538. The number of amides is 2. The number of carbonyl (C=O) groups excluding carboxylic acids is 1. The van der Waals surface area contributed by atoms with Gasteiger partial charge in [0.25, 0.3) is 0 Å². The fourth-order valence-electron chi connectivity index (χ4n) is 1.78. The van der Waals surface area contributed by atoms with Gasteiger partial charge in [-0.2, -0.15) is 0 Å².